The summed E-state index contributed by atoms with van der Waals surface area (Å²) >= 11 is 1.39. The van der Waals surface area contributed by atoms with Crippen LogP contribution in [0, 0.1) is 10.1 Å². The quantitative estimate of drug-likeness (QED) is 0.0781. The van der Waals surface area contributed by atoms with Crippen LogP contribution in [0.15, 0.2) is 107 Å². The first-order chi connectivity index (χ1) is 18.9. The van der Waals surface area contributed by atoms with E-state index in [1.165, 1.54) is 54.0 Å². The van der Waals surface area contributed by atoms with E-state index in [0.29, 0.717) is 11.1 Å². The molecule has 39 heavy (non-hydrogen) atoms. The molecule has 0 aliphatic heterocycles. The van der Waals surface area contributed by atoms with Gasteiger partial charge in [-0.1, -0.05) is 36.4 Å². The number of nitro benzene ring substituents is 1. The number of hydrogen-bond acceptors (Lipinski definition) is 8. The Balaban J connectivity index is 1.46. The maximum atomic E-state index is 12.9. The number of esters is 1. The highest BCUT2D eigenvalue weighted by molar-refractivity contribution is 7.10. The molecule has 194 valence electrons. The van der Waals surface area contributed by atoms with E-state index in [1.807, 2.05) is 11.4 Å². The summed E-state index contributed by atoms with van der Waals surface area (Å²) in [5.41, 5.74) is 3.10. The van der Waals surface area contributed by atoms with Gasteiger partial charge in [-0.15, -0.1) is 11.3 Å². The zero-order chi connectivity index (χ0) is 27.6. The number of nitrogens with one attached hydrogen (secondary N) is 2. The number of non-ortho nitro benzene ring substituents is 1. The number of hydrazone groups is 1. The number of thiophene rings is 1. The van der Waals surface area contributed by atoms with Crippen molar-refractivity contribution in [3.8, 4) is 5.75 Å². The van der Waals surface area contributed by atoms with Crippen LogP contribution >= 0.6 is 11.3 Å². The summed E-state index contributed by atoms with van der Waals surface area (Å²) in [6.07, 6.45) is 2.83. The topological polar surface area (TPSA) is 140 Å². The van der Waals surface area contributed by atoms with Gasteiger partial charge in [-0.2, -0.15) is 5.10 Å². The monoisotopic (exact) mass is 540 g/mol. The lowest BCUT2D eigenvalue weighted by molar-refractivity contribution is -0.384. The van der Waals surface area contributed by atoms with Crippen LogP contribution in [0.2, 0.25) is 0 Å². The molecule has 0 radical (unpaired) electrons. The van der Waals surface area contributed by atoms with E-state index in [2.05, 4.69) is 15.8 Å². The zero-order valence-electron chi connectivity index (χ0n) is 20.1. The van der Waals surface area contributed by atoms with E-state index < -0.39 is 22.7 Å². The van der Waals surface area contributed by atoms with Crippen LogP contribution in [-0.2, 0) is 4.79 Å². The van der Waals surface area contributed by atoms with Gasteiger partial charge in [0.25, 0.3) is 17.5 Å². The third-order valence-corrected chi connectivity index (χ3v) is 5.98. The minimum absolute atomic E-state index is 0.0127. The molecule has 1 heterocycles. The van der Waals surface area contributed by atoms with Crippen LogP contribution in [0.4, 0.5) is 5.69 Å². The van der Waals surface area contributed by atoms with E-state index in [9.17, 15) is 24.5 Å². The van der Waals surface area contributed by atoms with Crippen LogP contribution in [0.3, 0.4) is 0 Å². The Morgan fingerprint density at radius 1 is 0.872 bits per heavy atom. The predicted octanol–water partition coefficient (Wildman–Crippen LogP) is 4.80. The molecule has 0 saturated carbocycles. The predicted molar refractivity (Wildman–Crippen MR) is 146 cm³/mol. The maximum absolute atomic E-state index is 12.9. The van der Waals surface area contributed by atoms with Crippen LogP contribution in [0.25, 0.3) is 6.08 Å². The van der Waals surface area contributed by atoms with Crippen LogP contribution in [0.5, 0.6) is 5.75 Å². The van der Waals surface area contributed by atoms with E-state index >= 15 is 0 Å². The highest BCUT2D eigenvalue weighted by atomic mass is 32.1. The molecule has 0 aliphatic carbocycles. The van der Waals surface area contributed by atoms with Crippen molar-refractivity contribution in [2.24, 2.45) is 5.10 Å². The molecule has 0 saturated heterocycles. The molecule has 0 fully saturated rings. The molecular weight excluding hydrogens is 520 g/mol. The van der Waals surface area contributed by atoms with Gasteiger partial charge in [-0.25, -0.2) is 10.2 Å². The molecule has 4 rings (SSSR count). The molecule has 0 atom stereocenters. The van der Waals surface area contributed by atoms with Crippen molar-refractivity contribution in [3.63, 3.8) is 0 Å². The van der Waals surface area contributed by atoms with Crippen molar-refractivity contribution in [2.45, 2.75) is 0 Å². The summed E-state index contributed by atoms with van der Waals surface area (Å²) in [6, 6.07) is 23.6. The van der Waals surface area contributed by atoms with Gasteiger partial charge in [0.1, 0.15) is 11.4 Å². The number of para-hydroxylation sites is 1. The van der Waals surface area contributed by atoms with Crippen LogP contribution < -0.4 is 15.5 Å². The van der Waals surface area contributed by atoms with Gasteiger partial charge in [0.05, 0.1) is 16.7 Å². The van der Waals surface area contributed by atoms with Gasteiger partial charge in [-0.05, 0) is 53.9 Å². The van der Waals surface area contributed by atoms with Crippen LogP contribution in [-0.4, -0.2) is 28.9 Å². The second-order valence-corrected chi connectivity index (χ2v) is 8.80. The smallest absolute Gasteiger partial charge is 0.343 e. The largest absolute Gasteiger partial charge is 0.422 e. The number of nitrogens with zero attached hydrogens (tertiary/aromatic N) is 2. The summed E-state index contributed by atoms with van der Waals surface area (Å²) in [6.45, 7) is 0. The molecule has 0 bridgehead atoms. The molecule has 3 aromatic carbocycles. The second kappa shape index (κ2) is 12.7. The van der Waals surface area contributed by atoms with Gasteiger partial charge >= 0.3 is 5.97 Å². The fraction of sp³-hybridized carbons (Fsp3) is 0. The van der Waals surface area contributed by atoms with E-state index in [4.69, 9.17) is 4.74 Å². The average Bonchev–Trinajstić information content (AvgIpc) is 3.47. The normalized spacial score (nSPS) is 11.1. The summed E-state index contributed by atoms with van der Waals surface area (Å²) in [7, 11) is 0. The Morgan fingerprint density at radius 2 is 1.59 bits per heavy atom. The van der Waals surface area contributed by atoms with E-state index in [-0.39, 0.29) is 22.7 Å². The third kappa shape index (κ3) is 7.31. The lowest BCUT2D eigenvalue weighted by Crippen LogP contribution is -2.32. The van der Waals surface area contributed by atoms with Crippen molar-refractivity contribution >= 4 is 47.1 Å². The highest BCUT2D eigenvalue weighted by Gasteiger charge is 2.16. The molecule has 10 nitrogen and oxygen atoms in total. The Morgan fingerprint density at radius 3 is 2.28 bits per heavy atom. The number of benzene rings is 3. The first-order valence-corrected chi connectivity index (χ1v) is 12.3. The van der Waals surface area contributed by atoms with Gasteiger partial charge in [-0.3, -0.25) is 19.7 Å². The number of rotatable bonds is 9. The van der Waals surface area contributed by atoms with Gasteiger partial charge in [0.2, 0.25) is 0 Å². The van der Waals surface area contributed by atoms with E-state index in [0.717, 1.165) is 4.88 Å². The number of carbonyl (C=O) groups excluding carboxylic acids is 3. The van der Waals surface area contributed by atoms with E-state index in [1.54, 1.807) is 54.6 Å². The summed E-state index contributed by atoms with van der Waals surface area (Å²) in [4.78, 5) is 49.1. The second-order valence-electron chi connectivity index (χ2n) is 7.82. The van der Waals surface area contributed by atoms with Gasteiger partial charge < -0.3 is 10.1 Å². The summed E-state index contributed by atoms with van der Waals surface area (Å²) < 4.78 is 5.43. The van der Waals surface area contributed by atoms with Gasteiger partial charge in [0, 0.05) is 28.1 Å². The molecule has 2 N–H and O–H groups in total. The minimum Gasteiger partial charge on any atom is -0.422 e. The lowest BCUT2D eigenvalue weighted by atomic mass is 10.2. The van der Waals surface area contributed by atoms with Gasteiger partial charge in [0.15, 0.2) is 0 Å². The number of ether oxygens (including phenoxy) is 1. The Bertz CT molecular complexity index is 1550. The molecule has 2 amide bonds. The standard InChI is InChI=1S/C28H20N4O6S/c33-26(19-7-2-1-3-8-19)30-24(17-23-10-6-16-39-23)27(34)31-29-18-21-9-4-5-11-25(21)38-28(35)20-12-14-22(15-13-20)32(36)37/h1-18H,(H,30,33)(H,31,34)/b24-17+,29-18+. The SMILES string of the molecule is O=C(N/N=C/c1ccccc1OC(=O)c1ccc([N+](=O)[O-])cc1)/C(=C\c1cccs1)NC(=O)c1ccccc1. The van der Waals surface area contributed by atoms with Crippen molar-refractivity contribution in [3.05, 3.63) is 134 Å². The summed E-state index contributed by atoms with van der Waals surface area (Å²) in [5.74, 6) is -1.68. The highest BCUT2D eigenvalue weighted by Crippen LogP contribution is 2.19. The Hall–Kier alpha value is -5.42. The zero-order valence-corrected chi connectivity index (χ0v) is 21.0. The number of hydrogen-bond donors (Lipinski definition) is 2. The third-order valence-electron chi connectivity index (χ3n) is 5.16. The van der Waals surface area contributed by atoms with Crippen LogP contribution in [0.1, 0.15) is 31.2 Å². The Kier molecular flexibility index (Phi) is 8.67. The molecule has 4 aromatic rings. The van der Waals surface area contributed by atoms with Crippen molar-refractivity contribution < 1.29 is 24.0 Å². The molecular formula is C28H20N4O6S. The fourth-order valence-corrected chi connectivity index (χ4v) is 3.89. The molecule has 11 heteroatoms. The number of carbonyl (C=O) groups is 3. The molecule has 0 aliphatic rings. The van der Waals surface area contributed by atoms with Crippen molar-refractivity contribution in [2.75, 3.05) is 0 Å². The average molecular weight is 541 g/mol. The number of amides is 2. The fourth-order valence-electron chi connectivity index (χ4n) is 3.24. The molecule has 0 unspecified atom stereocenters. The maximum Gasteiger partial charge on any atom is 0.343 e. The first-order valence-electron chi connectivity index (χ1n) is 11.4. The van der Waals surface area contributed by atoms with Crippen molar-refractivity contribution in [1.82, 2.24) is 10.7 Å². The lowest BCUT2D eigenvalue weighted by Gasteiger charge is -2.09. The number of nitro groups is 1. The Labute approximate surface area is 226 Å². The minimum atomic E-state index is -0.723. The molecule has 1 aromatic heterocycles. The molecule has 0 spiro atoms. The summed E-state index contributed by atoms with van der Waals surface area (Å²) in [5, 5.41) is 19.2. The first kappa shape index (κ1) is 26.6. The van der Waals surface area contributed by atoms with Crippen molar-refractivity contribution in [1.29, 1.82) is 0 Å².